The average molecular weight is 237 g/mol. The summed E-state index contributed by atoms with van der Waals surface area (Å²) >= 11 is 0. The van der Waals surface area contributed by atoms with E-state index in [-0.39, 0.29) is 11.6 Å². The van der Waals surface area contributed by atoms with E-state index in [0.29, 0.717) is 11.6 Å². The standard InChI is InChI=1S/C13H23N3O/c1-4-8-15-11(5-2)12(14)13(17)16(15)9(3)10-6-7-10/h9-10H,4-8,14H2,1-3H3. The van der Waals surface area contributed by atoms with Gasteiger partial charge in [0.1, 0.15) is 5.69 Å². The van der Waals surface area contributed by atoms with Crippen molar-refractivity contribution in [2.45, 2.75) is 59.0 Å². The van der Waals surface area contributed by atoms with Crippen LogP contribution in [0.1, 0.15) is 51.8 Å². The number of nitrogens with zero attached hydrogens (tertiary/aromatic N) is 2. The molecule has 4 nitrogen and oxygen atoms in total. The number of aromatic nitrogens is 2. The Hall–Kier alpha value is -1.19. The van der Waals surface area contributed by atoms with Crippen LogP contribution in [0.2, 0.25) is 0 Å². The first kappa shape index (κ1) is 12.3. The molecule has 1 aromatic heterocycles. The molecule has 4 heteroatoms. The highest BCUT2D eigenvalue weighted by Gasteiger charge is 2.32. The van der Waals surface area contributed by atoms with E-state index in [1.807, 2.05) is 4.68 Å². The van der Waals surface area contributed by atoms with Gasteiger partial charge in [0.25, 0.3) is 5.56 Å². The smallest absolute Gasteiger partial charge is 0.290 e. The van der Waals surface area contributed by atoms with E-state index in [9.17, 15) is 4.79 Å². The number of hydrogen-bond donors (Lipinski definition) is 1. The van der Waals surface area contributed by atoms with Gasteiger partial charge >= 0.3 is 0 Å². The molecule has 1 aliphatic carbocycles. The van der Waals surface area contributed by atoms with Gasteiger partial charge < -0.3 is 5.73 Å². The van der Waals surface area contributed by atoms with Crippen molar-refractivity contribution in [2.75, 3.05) is 5.73 Å². The lowest BCUT2D eigenvalue weighted by molar-refractivity contribution is 0.341. The van der Waals surface area contributed by atoms with E-state index < -0.39 is 0 Å². The summed E-state index contributed by atoms with van der Waals surface area (Å²) in [5.74, 6) is 0.669. The van der Waals surface area contributed by atoms with Gasteiger partial charge in [-0.15, -0.1) is 0 Å². The zero-order valence-electron chi connectivity index (χ0n) is 11.1. The monoisotopic (exact) mass is 237 g/mol. The van der Waals surface area contributed by atoms with Crippen LogP contribution in [-0.2, 0) is 13.0 Å². The van der Waals surface area contributed by atoms with Crippen molar-refractivity contribution in [2.24, 2.45) is 5.92 Å². The molecule has 0 bridgehead atoms. The highest BCUT2D eigenvalue weighted by molar-refractivity contribution is 5.41. The SMILES string of the molecule is CCCn1c(CC)c(N)c(=O)n1C(C)C1CC1. The van der Waals surface area contributed by atoms with Crippen LogP contribution in [0.25, 0.3) is 0 Å². The lowest BCUT2D eigenvalue weighted by Gasteiger charge is -2.19. The van der Waals surface area contributed by atoms with Gasteiger partial charge in [0, 0.05) is 6.54 Å². The molecule has 2 N–H and O–H groups in total. The second-order valence-corrected chi connectivity index (χ2v) is 5.06. The summed E-state index contributed by atoms with van der Waals surface area (Å²) in [6, 6.07) is 0.289. The molecule has 0 aromatic carbocycles. The van der Waals surface area contributed by atoms with Gasteiger partial charge in [-0.25, -0.2) is 4.68 Å². The molecular formula is C13H23N3O. The summed E-state index contributed by atoms with van der Waals surface area (Å²) in [4.78, 5) is 12.2. The van der Waals surface area contributed by atoms with E-state index in [0.717, 1.165) is 25.1 Å². The predicted molar refractivity (Wildman–Crippen MR) is 70.2 cm³/mol. The summed E-state index contributed by atoms with van der Waals surface area (Å²) in [6.45, 7) is 7.21. The van der Waals surface area contributed by atoms with Crippen molar-refractivity contribution in [3.05, 3.63) is 16.0 Å². The van der Waals surface area contributed by atoms with Crippen molar-refractivity contribution in [3.8, 4) is 0 Å². The molecule has 0 aliphatic heterocycles. The van der Waals surface area contributed by atoms with E-state index in [1.165, 1.54) is 12.8 Å². The number of nitrogens with two attached hydrogens (primary N) is 1. The minimum atomic E-state index is 0.00898. The van der Waals surface area contributed by atoms with Crippen LogP contribution in [0.5, 0.6) is 0 Å². The maximum absolute atomic E-state index is 12.2. The summed E-state index contributed by atoms with van der Waals surface area (Å²) in [5.41, 5.74) is 7.41. The molecule has 1 atom stereocenters. The Balaban J connectivity index is 2.50. The second-order valence-electron chi connectivity index (χ2n) is 5.06. The molecule has 1 saturated carbocycles. The summed E-state index contributed by atoms with van der Waals surface area (Å²) in [6.07, 6.45) is 4.34. The van der Waals surface area contributed by atoms with Crippen LogP contribution in [-0.4, -0.2) is 9.36 Å². The highest BCUT2D eigenvalue weighted by atomic mass is 16.1. The first-order chi connectivity index (χ1) is 8.11. The number of rotatable bonds is 5. The summed E-state index contributed by atoms with van der Waals surface area (Å²) in [5, 5.41) is 0. The third-order valence-electron chi connectivity index (χ3n) is 3.78. The van der Waals surface area contributed by atoms with Gasteiger partial charge in [0.2, 0.25) is 0 Å². The lowest BCUT2D eigenvalue weighted by atomic mass is 10.2. The molecule has 1 aromatic rings. The Morgan fingerprint density at radius 2 is 2.06 bits per heavy atom. The highest BCUT2D eigenvalue weighted by Crippen LogP contribution is 2.39. The second kappa shape index (κ2) is 4.59. The molecule has 1 unspecified atom stereocenters. The summed E-state index contributed by atoms with van der Waals surface area (Å²) < 4.78 is 4.01. The third kappa shape index (κ3) is 2.01. The van der Waals surface area contributed by atoms with Gasteiger partial charge in [0.15, 0.2) is 0 Å². The Kier molecular flexibility index (Phi) is 3.31. The minimum Gasteiger partial charge on any atom is -0.393 e. The van der Waals surface area contributed by atoms with E-state index in [4.69, 9.17) is 5.73 Å². The van der Waals surface area contributed by atoms with Gasteiger partial charge in [0.05, 0.1) is 11.7 Å². The van der Waals surface area contributed by atoms with Gasteiger partial charge in [-0.1, -0.05) is 13.8 Å². The molecule has 0 saturated heterocycles. The van der Waals surface area contributed by atoms with Crippen molar-refractivity contribution in [1.29, 1.82) is 0 Å². The minimum absolute atomic E-state index is 0.00898. The number of nitrogen functional groups attached to an aromatic ring is 1. The zero-order chi connectivity index (χ0) is 12.6. The van der Waals surface area contributed by atoms with Crippen molar-refractivity contribution < 1.29 is 0 Å². The van der Waals surface area contributed by atoms with E-state index >= 15 is 0 Å². The molecule has 1 fully saturated rings. The fraction of sp³-hybridized carbons (Fsp3) is 0.769. The van der Waals surface area contributed by atoms with Crippen molar-refractivity contribution in [1.82, 2.24) is 9.36 Å². The summed E-state index contributed by atoms with van der Waals surface area (Å²) in [7, 11) is 0. The average Bonchev–Trinajstić information content (AvgIpc) is 3.10. The Labute approximate surface area is 102 Å². The largest absolute Gasteiger partial charge is 0.393 e. The van der Waals surface area contributed by atoms with Crippen LogP contribution in [0.15, 0.2) is 4.79 Å². The topological polar surface area (TPSA) is 52.9 Å². The Bertz CT molecular complexity index is 454. The lowest BCUT2D eigenvalue weighted by Crippen LogP contribution is -2.28. The van der Waals surface area contributed by atoms with E-state index in [2.05, 4.69) is 25.5 Å². The van der Waals surface area contributed by atoms with Gasteiger partial charge in [-0.05, 0) is 38.5 Å². The quantitative estimate of drug-likeness (QED) is 0.853. The third-order valence-corrected chi connectivity index (χ3v) is 3.78. The molecule has 0 radical (unpaired) electrons. The molecule has 2 rings (SSSR count). The van der Waals surface area contributed by atoms with Crippen LogP contribution in [0.4, 0.5) is 5.69 Å². The first-order valence-electron chi connectivity index (χ1n) is 6.71. The molecule has 0 spiro atoms. The van der Waals surface area contributed by atoms with Crippen molar-refractivity contribution in [3.63, 3.8) is 0 Å². The van der Waals surface area contributed by atoms with Crippen LogP contribution in [0, 0.1) is 5.92 Å². The Morgan fingerprint density at radius 3 is 2.53 bits per heavy atom. The molecule has 96 valence electrons. The number of anilines is 1. The van der Waals surface area contributed by atoms with Crippen molar-refractivity contribution >= 4 is 5.69 Å². The first-order valence-corrected chi connectivity index (χ1v) is 6.71. The molecule has 17 heavy (non-hydrogen) atoms. The molecule has 0 amide bonds. The van der Waals surface area contributed by atoms with Gasteiger partial charge in [-0.2, -0.15) is 0 Å². The maximum atomic E-state index is 12.2. The normalized spacial score (nSPS) is 17.4. The fourth-order valence-corrected chi connectivity index (χ4v) is 2.64. The van der Waals surface area contributed by atoms with Crippen LogP contribution < -0.4 is 11.3 Å². The molecular weight excluding hydrogens is 214 g/mol. The van der Waals surface area contributed by atoms with Crippen LogP contribution in [0.3, 0.4) is 0 Å². The van der Waals surface area contributed by atoms with E-state index in [1.54, 1.807) is 0 Å². The molecule has 1 heterocycles. The predicted octanol–water partition coefficient (Wildman–Crippen LogP) is 2.18. The van der Waals surface area contributed by atoms with Crippen LogP contribution >= 0.6 is 0 Å². The fourth-order valence-electron chi connectivity index (χ4n) is 2.64. The number of hydrogen-bond acceptors (Lipinski definition) is 2. The zero-order valence-corrected chi connectivity index (χ0v) is 11.1. The van der Waals surface area contributed by atoms with Gasteiger partial charge in [-0.3, -0.25) is 9.48 Å². The maximum Gasteiger partial charge on any atom is 0.290 e. The Morgan fingerprint density at radius 1 is 1.41 bits per heavy atom. The molecule has 1 aliphatic rings.